The van der Waals surface area contributed by atoms with Gasteiger partial charge in [-0.05, 0) is 45.8 Å². The van der Waals surface area contributed by atoms with Crippen molar-refractivity contribution in [1.29, 1.82) is 0 Å². The van der Waals surface area contributed by atoms with E-state index < -0.39 is 0 Å². The van der Waals surface area contributed by atoms with E-state index in [4.69, 9.17) is 5.73 Å². The van der Waals surface area contributed by atoms with Crippen LogP contribution in [0.25, 0.3) is 0 Å². The molecule has 0 radical (unpaired) electrons. The molecule has 0 saturated carbocycles. The highest BCUT2D eigenvalue weighted by molar-refractivity contribution is 9.11. The number of nitrogens with two attached hydrogens (primary N) is 1. The van der Waals surface area contributed by atoms with Crippen LogP contribution in [0.2, 0.25) is 0 Å². The lowest BCUT2D eigenvalue weighted by Gasteiger charge is -2.11. The molecule has 0 fully saturated rings. The Morgan fingerprint density at radius 3 is 2.75 bits per heavy atom. The fraction of sp³-hybridized carbons (Fsp3) is 0.167. The van der Waals surface area contributed by atoms with Gasteiger partial charge in [0.05, 0.1) is 9.83 Å². The first kappa shape index (κ1) is 11.6. The van der Waals surface area contributed by atoms with Crippen LogP contribution in [0.15, 0.2) is 40.2 Å². The van der Waals surface area contributed by atoms with Gasteiger partial charge in [-0.15, -0.1) is 11.3 Å². The van der Waals surface area contributed by atoms with E-state index in [0.29, 0.717) is 0 Å². The maximum atomic E-state index is 6.22. The third-order valence-electron chi connectivity index (χ3n) is 2.43. The number of hydrogen-bond donors (Lipinski definition) is 2. The minimum Gasteiger partial charge on any atom is -0.388 e. The number of halogens is 1. The summed E-state index contributed by atoms with van der Waals surface area (Å²) in [4.78, 5) is 1.17. The maximum absolute atomic E-state index is 6.22. The minimum atomic E-state index is -0.0513. The second-order valence-electron chi connectivity index (χ2n) is 3.50. The number of thiophene rings is 1. The number of nitrogens with one attached hydrogen (secondary N) is 1. The van der Waals surface area contributed by atoms with Gasteiger partial charge < -0.3 is 11.1 Å². The topological polar surface area (TPSA) is 38.0 Å². The molecule has 0 aliphatic rings. The average molecular weight is 297 g/mol. The minimum absolute atomic E-state index is 0.0513. The first-order valence-corrected chi connectivity index (χ1v) is 6.60. The van der Waals surface area contributed by atoms with Crippen molar-refractivity contribution in [2.75, 3.05) is 12.4 Å². The van der Waals surface area contributed by atoms with Crippen LogP contribution in [0.4, 0.5) is 5.69 Å². The largest absolute Gasteiger partial charge is 0.388 e. The first-order valence-electron chi connectivity index (χ1n) is 4.99. The quantitative estimate of drug-likeness (QED) is 0.908. The lowest BCUT2D eigenvalue weighted by Crippen LogP contribution is -2.10. The molecule has 2 nitrogen and oxygen atoms in total. The molecule has 1 unspecified atom stereocenters. The molecular formula is C12H13BrN2S. The number of hydrogen-bond acceptors (Lipinski definition) is 3. The molecule has 0 amide bonds. The Kier molecular flexibility index (Phi) is 3.63. The molecule has 0 spiro atoms. The van der Waals surface area contributed by atoms with E-state index in [9.17, 15) is 0 Å². The summed E-state index contributed by atoms with van der Waals surface area (Å²) in [6.45, 7) is 0. The predicted molar refractivity (Wildman–Crippen MR) is 74.0 cm³/mol. The molecule has 2 rings (SSSR count). The van der Waals surface area contributed by atoms with Gasteiger partial charge in [-0.2, -0.15) is 0 Å². The van der Waals surface area contributed by atoms with Crippen LogP contribution in [-0.4, -0.2) is 7.05 Å². The Hall–Kier alpha value is -0.840. The van der Waals surface area contributed by atoms with E-state index in [2.05, 4.69) is 39.4 Å². The number of benzene rings is 1. The van der Waals surface area contributed by atoms with Crippen molar-refractivity contribution in [3.8, 4) is 0 Å². The fourth-order valence-electron chi connectivity index (χ4n) is 1.55. The molecule has 0 aliphatic heterocycles. The summed E-state index contributed by atoms with van der Waals surface area (Å²) in [6.07, 6.45) is 0. The van der Waals surface area contributed by atoms with E-state index in [1.807, 2.05) is 25.2 Å². The highest BCUT2D eigenvalue weighted by Crippen LogP contribution is 2.30. The van der Waals surface area contributed by atoms with Crippen LogP contribution < -0.4 is 11.1 Å². The lowest BCUT2D eigenvalue weighted by molar-refractivity contribution is 0.894. The average Bonchev–Trinajstić information content (AvgIpc) is 2.75. The molecule has 0 aliphatic carbocycles. The number of anilines is 1. The van der Waals surface area contributed by atoms with E-state index >= 15 is 0 Å². The van der Waals surface area contributed by atoms with Gasteiger partial charge in [-0.3, -0.25) is 0 Å². The zero-order valence-corrected chi connectivity index (χ0v) is 11.3. The summed E-state index contributed by atoms with van der Waals surface area (Å²) in [7, 11) is 1.91. The molecule has 1 heterocycles. The molecule has 84 valence electrons. The summed E-state index contributed by atoms with van der Waals surface area (Å²) in [6, 6.07) is 12.2. The van der Waals surface area contributed by atoms with Crippen molar-refractivity contribution < 1.29 is 0 Å². The van der Waals surface area contributed by atoms with Crippen molar-refractivity contribution in [1.82, 2.24) is 0 Å². The Bertz CT molecular complexity index is 481. The third-order valence-corrected chi connectivity index (χ3v) is 4.14. The van der Waals surface area contributed by atoms with Gasteiger partial charge in [0.15, 0.2) is 0 Å². The van der Waals surface area contributed by atoms with Crippen LogP contribution in [0.5, 0.6) is 0 Å². The molecule has 0 bridgehead atoms. The first-order chi connectivity index (χ1) is 7.70. The van der Waals surface area contributed by atoms with Gasteiger partial charge in [0.25, 0.3) is 0 Å². The Morgan fingerprint density at radius 1 is 1.31 bits per heavy atom. The van der Waals surface area contributed by atoms with Crippen LogP contribution in [0.3, 0.4) is 0 Å². The van der Waals surface area contributed by atoms with Gasteiger partial charge in [0.1, 0.15) is 0 Å². The van der Waals surface area contributed by atoms with E-state index in [1.54, 1.807) is 11.3 Å². The second-order valence-corrected chi connectivity index (χ2v) is 5.99. The van der Waals surface area contributed by atoms with Crippen molar-refractivity contribution in [2.24, 2.45) is 5.73 Å². The normalized spacial score (nSPS) is 12.4. The Labute approximate surface area is 108 Å². The standard InChI is InChI=1S/C12H13BrN2S/c1-15-9-4-2-3-8(7-9)12(14)10-5-6-11(13)16-10/h2-7,12,15H,14H2,1H3. The summed E-state index contributed by atoms with van der Waals surface area (Å²) in [5.41, 5.74) is 8.43. The van der Waals surface area contributed by atoms with Crippen LogP contribution >= 0.6 is 27.3 Å². The van der Waals surface area contributed by atoms with E-state index in [0.717, 1.165) is 15.0 Å². The van der Waals surface area contributed by atoms with Crippen molar-refractivity contribution in [3.63, 3.8) is 0 Å². The maximum Gasteiger partial charge on any atom is 0.0702 e. The fourth-order valence-corrected chi connectivity index (χ4v) is 3.00. The molecule has 2 aromatic rings. The predicted octanol–water partition coefficient (Wildman–Crippen LogP) is 3.60. The van der Waals surface area contributed by atoms with Crippen molar-refractivity contribution >= 4 is 33.0 Å². The van der Waals surface area contributed by atoms with Gasteiger partial charge in [0.2, 0.25) is 0 Å². The molecule has 1 aromatic heterocycles. The summed E-state index contributed by atoms with van der Waals surface area (Å²) >= 11 is 5.13. The molecule has 16 heavy (non-hydrogen) atoms. The third kappa shape index (κ3) is 2.45. The molecule has 1 aromatic carbocycles. The lowest BCUT2D eigenvalue weighted by atomic mass is 10.1. The van der Waals surface area contributed by atoms with Gasteiger partial charge in [-0.25, -0.2) is 0 Å². The SMILES string of the molecule is CNc1cccc(C(N)c2ccc(Br)s2)c1. The van der Waals surface area contributed by atoms with Gasteiger partial charge >= 0.3 is 0 Å². The highest BCUT2D eigenvalue weighted by atomic mass is 79.9. The van der Waals surface area contributed by atoms with Crippen LogP contribution in [0.1, 0.15) is 16.5 Å². The van der Waals surface area contributed by atoms with Crippen molar-refractivity contribution in [2.45, 2.75) is 6.04 Å². The highest BCUT2D eigenvalue weighted by Gasteiger charge is 2.11. The Morgan fingerprint density at radius 2 is 2.12 bits per heavy atom. The molecule has 3 N–H and O–H groups in total. The van der Waals surface area contributed by atoms with Gasteiger partial charge in [-0.1, -0.05) is 12.1 Å². The smallest absolute Gasteiger partial charge is 0.0702 e. The van der Waals surface area contributed by atoms with Gasteiger partial charge in [0, 0.05) is 17.6 Å². The van der Waals surface area contributed by atoms with Crippen molar-refractivity contribution in [3.05, 3.63) is 50.6 Å². The summed E-state index contributed by atoms with van der Waals surface area (Å²) in [5, 5.41) is 3.12. The van der Waals surface area contributed by atoms with Crippen LogP contribution in [-0.2, 0) is 0 Å². The summed E-state index contributed by atoms with van der Waals surface area (Å²) in [5.74, 6) is 0. The zero-order chi connectivity index (χ0) is 11.5. The second kappa shape index (κ2) is 4.99. The Balaban J connectivity index is 2.29. The number of rotatable bonds is 3. The van der Waals surface area contributed by atoms with E-state index in [-0.39, 0.29) is 6.04 Å². The van der Waals surface area contributed by atoms with Crippen LogP contribution in [0, 0.1) is 0 Å². The molecule has 1 atom stereocenters. The van der Waals surface area contributed by atoms with E-state index in [1.165, 1.54) is 4.88 Å². The monoisotopic (exact) mass is 296 g/mol. The summed E-state index contributed by atoms with van der Waals surface area (Å²) < 4.78 is 1.11. The zero-order valence-electron chi connectivity index (χ0n) is 8.91. The molecule has 0 saturated heterocycles. The molecule has 4 heteroatoms. The molecular weight excluding hydrogens is 284 g/mol.